The molecule has 0 saturated carbocycles. The van der Waals surface area contributed by atoms with Crippen molar-refractivity contribution in [2.45, 2.75) is 18.7 Å². The van der Waals surface area contributed by atoms with Crippen molar-refractivity contribution in [3.05, 3.63) is 52.5 Å². The molecule has 122 valence electrons. The van der Waals surface area contributed by atoms with Crippen LogP contribution >= 0.6 is 15.9 Å². The first-order valence-electron chi connectivity index (χ1n) is 6.84. The van der Waals surface area contributed by atoms with Crippen molar-refractivity contribution in [1.82, 2.24) is 0 Å². The quantitative estimate of drug-likeness (QED) is 0.858. The lowest BCUT2D eigenvalue weighted by Crippen LogP contribution is -2.22. The van der Waals surface area contributed by atoms with Gasteiger partial charge in [-0.15, -0.1) is 0 Å². The molecular weight excluding hydrogens is 380 g/mol. The van der Waals surface area contributed by atoms with Gasteiger partial charge in [0.05, 0.1) is 4.90 Å². The van der Waals surface area contributed by atoms with Crippen LogP contribution in [-0.2, 0) is 14.8 Å². The third-order valence-corrected chi connectivity index (χ3v) is 5.69. The van der Waals surface area contributed by atoms with Crippen LogP contribution in [-0.4, -0.2) is 21.4 Å². The van der Waals surface area contributed by atoms with Gasteiger partial charge < -0.3 is 4.90 Å². The van der Waals surface area contributed by atoms with Gasteiger partial charge in [0, 0.05) is 29.8 Å². The Hall–Kier alpha value is -1.86. The number of carbonyl (C=O) groups is 1. The van der Waals surface area contributed by atoms with E-state index < -0.39 is 10.0 Å². The van der Waals surface area contributed by atoms with Gasteiger partial charge >= 0.3 is 0 Å². The predicted octanol–water partition coefficient (Wildman–Crippen LogP) is 3.54. The maximum Gasteiger partial charge on any atom is 0.261 e. The van der Waals surface area contributed by atoms with E-state index in [9.17, 15) is 13.2 Å². The second kappa shape index (κ2) is 6.72. The lowest BCUT2D eigenvalue weighted by Gasteiger charge is -2.15. The molecule has 0 bridgehead atoms. The van der Waals surface area contributed by atoms with E-state index in [0.717, 1.165) is 10.0 Å². The largest absolute Gasteiger partial charge is 0.316 e. The molecule has 0 spiro atoms. The molecule has 0 atom stereocenters. The Balaban J connectivity index is 2.23. The van der Waals surface area contributed by atoms with Gasteiger partial charge in [0.25, 0.3) is 10.0 Å². The molecule has 0 aromatic heterocycles. The van der Waals surface area contributed by atoms with Crippen LogP contribution in [0.2, 0.25) is 0 Å². The number of sulfonamides is 1. The van der Waals surface area contributed by atoms with Crippen molar-refractivity contribution in [3.63, 3.8) is 0 Å². The number of hydrogen-bond donors (Lipinski definition) is 1. The van der Waals surface area contributed by atoms with Crippen molar-refractivity contribution in [2.75, 3.05) is 16.7 Å². The van der Waals surface area contributed by atoms with Gasteiger partial charge in [-0.25, -0.2) is 8.42 Å². The van der Waals surface area contributed by atoms with Crippen LogP contribution in [0.5, 0.6) is 0 Å². The number of halogens is 1. The summed E-state index contributed by atoms with van der Waals surface area (Å²) in [6, 6.07) is 11.5. The molecule has 1 amide bonds. The van der Waals surface area contributed by atoms with E-state index in [1.54, 1.807) is 43.4 Å². The third-order valence-electron chi connectivity index (χ3n) is 3.42. The van der Waals surface area contributed by atoms with Gasteiger partial charge in [-0.3, -0.25) is 9.52 Å². The van der Waals surface area contributed by atoms with Crippen LogP contribution in [0.1, 0.15) is 12.5 Å². The van der Waals surface area contributed by atoms with Gasteiger partial charge in [-0.05, 0) is 55.0 Å². The molecule has 0 saturated heterocycles. The highest BCUT2D eigenvalue weighted by Crippen LogP contribution is 2.23. The number of hydrogen-bond acceptors (Lipinski definition) is 3. The van der Waals surface area contributed by atoms with Gasteiger partial charge in [0.15, 0.2) is 0 Å². The van der Waals surface area contributed by atoms with Gasteiger partial charge in [0.1, 0.15) is 0 Å². The van der Waals surface area contributed by atoms with Crippen molar-refractivity contribution < 1.29 is 13.2 Å². The average Bonchev–Trinajstić information content (AvgIpc) is 2.49. The average molecular weight is 397 g/mol. The molecule has 2 aromatic rings. The molecule has 0 radical (unpaired) electrons. The number of amides is 1. The molecule has 2 rings (SSSR count). The number of nitrogens with one attached hydrogen (secondary N) is 1. The minimum atomic E-state index is -3.65. The second-order valence-corrected chi connectivity index (χ2v) is 7.68. The predicted molar refractivity (Wildman–Crippen MR) is 95.2 cm³/mol. The number of benzene rings is 2. The SMILES string of the molecule is CC(=O)N(C)c1ccc(NS(=O)(=O)c2ccc(Br)c(C)c2)cc1. The molecule has 2 aromatic carbocycles. The summed E-state index contributed by atoms with van der Waals surface area (Å²) < 4.78 is 28.2. The van der Waals surface area contributed by atoms with Gasteiger partial charge in [-0.1, -0.05) is 15.9 Å². The Labute approximate surface area is 144 Å². The van der Waals surface area contributed by atoms with E-state index in [4.69, 9.17) is 0 Å². The molecular formula is C16H17BrN2O3S. The maximum absolute atomic E-state index is 12.4. The van der Waals surface area contributed by atoms with E-state index in [1.807, 2.05) is 6.92 Å². The molecule has 23 heavy (non-hydrogen) atoms. The summed E-state index contributed by atoms with van der Waals surface area (Å²) in [4.78, 5) is 13.0. The number of rotatable bonds is 4. The number of nitrogens with zero attached hydrogens (tertiary/aromatic N) is 1. The van der Waals surface area contributed by atoms with Crippen molar-refractivity contribution in [3.8, 4) is 0 Å². The Bertz CT molecular complexity index is 833. The summed E-state index contributed by atoms with van der Waals surface area (Å²) in [5, 5.41) is 0. The minimum Gasteiger partial charge on any atom is -0.316 e. The Morgan fingerprint density at radius 1 is 1.13 bits per heavy atom. The van der Waals surface area contributed by atoms with Crippen LogP contribution in [0.4, 0.5) is 11.4 Å². The third kappa shape index (κ3) is 4.11. The normalized spacial score (nSPS) is 11.1. The van der Waals surface area contributed by atoms with Gasteiger partial charge in [0.2, 0.25) is 5.91 Å². The van der Waals surface area contributed by atoms with E-state index >= 15 is 0 Å². The smallest absolute Gasteiger partial charge is 0.261 e. The summed E-state index contributed by atoms with van der Waals surface area (Å²) in [5.41, 5.74) is 1.97. The second-order valence-electron chi connectivity index (χ2n) is 5.14. The molecule has 0 aliphatic heterocycles. The Morgan fingerprint density at radius 3 is 2.26 bits per heavy atom. The standard InChI is InChI=1S/C16H17BrN2O3S/c1-11-10-15(8-9-16(11)17)23(21,22)18-13-4-6-14(7-5-13)19(3)12(2)20/h4-10,18H,1-3H3. The highest BCUT2D eigenvalue weighted by atomic mass is 79.9. The Morgan fingerprint density at radius 2 is 1.74 bits per heavy atom. The fraction of sp³-hybridized carbons (Fsp3) is 0.188. The lowest BCUT2D eigenvalue weighted by molar-refractivity contribution is -0.116. The highest BCUT2D eigenvalue weighted by Gasteiger charge is 2.15. The number of carbonyl (C=O) groups excluding carboxylic acids is 1. The summed E-state index contributed by atoms with van der Waals surface area (Å²) in [6.45, 7) is 3.29. The lowest BCUT2D eigenvalue weighted by atomic mass is 10.2. The van der Waals surface area contributed by atoms with Gasteiger partial charge in [-0.2, -0.15) is 0 Å². The molecule has 0 unspecified atom stereocenters. The first kappa shape index (κ1) is 17.5. The highest BCUT2D eigenvalue weighted by molar-refractivity contribution is 9.10. The first-order chi connectivity index (χ1) is 10.7. The zero-order valence-corrected chi connectivity index (χ0v) is 15.4. The summed E-state index contributed by atoms with van der Waals surface area (Å²) >= 11 is 3.35. The molecule has 0 aliphatic carbocycles. The van der Waals surface area contributed by atoms with Crippen LogP contribution in [0.3, 0.4) is 0 Å². The topological polar surface area (TPSA) is 66.5 Å². The molecule has 0 fully saturated rings. The number of anilines is 2. The monoisotopic (exact) mass is 396 g/mol. The maximum atomic E-state index is 12.4. The number of aryl methyl sites for hydroxylation is 1. The van der Waals surface area contributed by atoms with E-state index in [0.29, 0.717) is 11.4 Å². The van der Waals surface area contributed by atoms with Crippen molar-refractivity contribution >= 4 is 43.2 Å². The van der Waals surface area contributed by atoms with Crippen molar-refractivity contribution in [2.24, 2.45) is 0 Å². The van der Waals surface area contributed by atoms with E-state index in [-0.39, 0.29) is 10.8 Å². The van der Waals surface area contributed by atoms with Crippen LogP contribution < -0.4 is 9.62 Å². The fourth-order valence-electron chi connectivity index (χ4n) is 1.93. The van der Waals surface area contributed by atoms with Crippen LogP contribution in [0, 0.1) is 6.92 Å². The van der Waals surface area contributed by atoms with Crippen molar-refractivity contribution in [1.29, 1.82) is 0 Å². The molecule has 5 nitrogen and oxygen atoms in total. The Kier molecular flexibility index (Phi) is 5.11. The molecule has 0 aliphatic rings. The molecule has 1 N–H and O–H groups in total. The fourth-order valence-corrected chi connectivity index (χ4v) is 3.32. The van der Waals surface area contributed by atoms with Crippen LogP contribution in [0.25, 0.3) is 0 Å². The molecule has 7 heteroatoms. The first-order valence-corrected chi connectivity index (χ1v) is 9.11. The van der Waals surface area contributed by atoms with Crippen LogP contribution in [0.15, 0.2) is 51.8 Å². The zero-order valence-electron chi connectivity index (χ0n) is 13.0. The summed E-state index contributed by atoms with van der Waals surface area (Å²) in [6.07, 6.45) is 0. The summed E-state index contributed by atoms with van der Waals surface area (Å²) in [7, 11) is -1.99. The van der Waals surface area contributed by atoms with E-state index in [2.05, 4.69) is 20.7 Å². The van der Waals surface area contributed by atoms with E-state index in [1.165, 1.54) is 17.9 Å². The molecule has 0 heterocycles. The summed E-state index contributed by atoms with van der Waals surface area (Å²) in [5.74, 6) is -0.0938. The minimum absolute atomic E-state index is 0.0938. The zero-order chi connectivity index (χ0) is 17.2.